The summed E-state index contributed by atoms with van der Waals surface area (Å²) >= 11 is 0. The Bertz CT molecular complexity index is 1160. The Hall–Kier alpha value is -0.890. The van der Waals surface area contributed by atoms with Crippen LogP contribution in [-0.4, -0.2) is 110 Å². The quantitative estimate of drug-likeness (QED) is 0.0272. The third kappa shape index (κ3) is 40.3. The van der Waals surface area contributed by atoms with Crippen LogP contribution in [0.5, 0.6) is 0 Å². The van der Waals surface area contributed by atoms with Crippen molar-refractivity contribution in [1.82, 2.24) is 5.32 Å². The van der Waals surface area contributed by atoms with E-state index in [1.165, 1.54) is 250 Å². The van der Waals surface area contributed by atoms with Crippen molar-refractivity contribution in [3.63, 3.8) is 0 Å². The molecule has 1 rings (SSSR count). The summed E-state index contributed by atoms with van der Waals surface area (Å²) in [6.45, 7) is 3.51. The number of ether oxygens (including phenoxy) is 2. The standard InChI is InChI=1S/C63H125NO10/c1-3-5-7-9-11-13-15-17-19-21-22-23-24-25-26-27-28-29-30-31-32-33-34-35-37-38-40-42-44-46-48-50-55(66)58(68)54(53-73-63-61(71)60(70)59(69)57(52-65)74-63)64-62(72)56(67)51-49-47-45-43-41-39-36-20-18-16-14-12-10-8-6-4-2/h54-61,63,65-71H,3-53H2,1-2H3,(H,64,72). The molecule has 0 saturated carbocycles. The second-order valence-electron chi connectivity index (χ2n) is 23.2. The first-order chi connectivity index (χ1) is 36.2. The van der Waals surface area contributed by atoms with Crippen LogP contribution in [-0.2, 0) is 14.3 Å². The molecule has 442 valence electrons. The van der Waals surface area contributed by atoms with Crippen LogP contribution in [0.15, 0.2) is 0 Å². The third-order valence-corrected chi connectivity index (χ3v) is 16.2. The van der Waals surface area contributed by atoms with E-state index in [-0.39, 0.29) is 6.42 Å². The minimum atomic E-state index is -1.66. The van der Waals surface area contributed by atoms with Gasteiger partial charge in [0.05, 0.1) is 25.4 Å². The van der Waals surface area contributed by atoms with E-state index in [1.807, 2.05) is 0 Å². The molecule has 11 nitrogen and oxygen atoms in total. The van der Waals surface area contributed by atoms with Crippen molar-refractivity contribution in [2.45, 2.75) is 384 Å². The summed E-state index contributed by atoms with van der Waals surface area (Å²) in [4.78, 5) is 13.2. The zero-order valence-corrected chi connectivity index (χ0v) is 48.6. The summed E-state index contributed by atoms with van der Waals surface area (Å²) in [5.74, 6) is -0.689. The number of hydrogen-bond acceptors (Lipinski definition) is 10. The average molecular weight is 1060 g/mol. The number of rotatable bonds is 57. The highest BCUT2D eigenvalue weighted by atomic mass is 16.7. The molecule has 0 bridgehead atoms. The van der Waals surface area contributed by atoms with Crippen LogP contribution in [0.4, 0.5) is 0 Å². The van der Waals surface area contributed by atoms with Crippen LogP contribution in [0, 0.1) is 0 Å². The first-order valence-corrected chi connectivity index (χ1v) is 32.4. The van der Waals surface area contributed by atoms with E-state index in [2.05, 4.69) is 19.2 Å². The summed E-state index contributed by atoms with van der Waals surface area (Å²) in [6.07, 6.45) is 50.4. The molecule has 1 aliphatic heterocycles. The van der Waals surface area contributed by atoms with Crippen molar-refractivity contribution >= 4 is 5.91 Å². The van der Waals surface area contributed by atoms with Crippen molar-refractivity contribution in [1.29, 1.82) is 0 Å². The molecule has 74 heavy (non-hydrogen) atoms. The molecule has 8 N–H and O–H groups in total. The van der Waals surface area contributed by atoms with Gasteiger partial charge in [-0.15, -0.1) is 0 Å². The minimum Gasteiger partial charge on any atom is -0.394 e. The van der Waals surface area contributed by atoms with Crippen LogP contribution < -0.4 is 5.32 Å². The molecule has 0 aromatic carbocycles. The SMILES string of the molecule is CCCCCCCCCCCCCCCCCCCCCCCCCCCCCCCCCC(O)C(O)C(COC1OC(CO)C(O)C(O)C1O)NC(=O)C(O)CCCCCCCCCCCCCCCCCC. The Kier molecular flexibility index (Phi) is 50.7. The largest absolute Gasteiger partial charge is 0.394 e. The molecule has 9 atom stereocenters. The fraction of sp³-hybridized carbons (Fsp3) is 0.984. The van der Waals surface area contributed by atoms with Crippen LogP contribution in [0.2, 0.25) is 0 Å². The van der Waals surface area contributed by atoms with Gasteiger partial charge in [0, 0.05) is 0 Å². The van der Waals surface area contributed by atoms with Crippen LogP contribution in [0.3, 0.4) is 0 Å². The lowest BCUT2D eigenvalue weighted by molar-refractivity contribution is -0.303. The monoisotopic (exact) mass is 1060 g/mol. The maximum absolute atomic E-state index is 13.2. The van der Waals surface area contributed by atoms with E-state index in [9.17, 15) is 40.5 Å². The number of aliphatic hydroxyl groups is 7. The van der Waals surface area contributed by atoms with E-state index < -0.39 is 74.2 Å². The Morgan fingerprint density at radius 3 is 1.00 bits per heavy atom. The zero-order valence-electron chi connectivity index (χ0n) is 48.6. The first kappa shape index (κ1) is 71.1. The zero-order chi connectivity index (χ0) is 54.0. The Balaban J connectivity index is 2.19. The molecule has 11 heteroatoms. The minimum absolute atomic E-state index is 0.267. The molecule has 0 aromatic rings. The van der Waals surface area contributed by atoms with E-state index in [1.54, 1.807) is 0 Å². The van der Waals surface area contributed by atoms with Gasteiger partial charge in [0.2, 0.25) is 5.91 Å². The van der Waals surface area contributed by atoms with Crippen molar-refractivity contribution in [2.75, 3.05) is 13.2 Å². The summed E-state index contributed by atoms with van der Waals surface area (Å²) < 4.78 is 11.2. The first-order valence-electron chi connectivity index (χ1n) is 32.4. The molecular formula is C63H125NO10. The van der Waals surface area contributed by atoms with Gasteiger partial charge in [-0.2, -0.15) is 0 Å². The van der Waals surface area contributed by atoms with Crippen molar-refractivity contribution in [3.8, 4) is 0 Å². The van der Waals surface area contributed by atoms with Crippen molar-refractivity contribution in [3.05, 3.63) is 0 Å². The number of hydrogen-bond donors (Lipinski definition) is 8. The number of aliphatic hydroxyl groups excluding tert-OH is 7. The van der Waals surface area contributed by atoms with E-state index in [0.29, 0.717) is 19.3 Å². The maximum atomic E-state index is 13.2. The Labute approximate surface area is 456 Å². The van der Waals surface area contributed by atoms with Crippen LogP contribution in [0.1, 0.15) is 328 Å². The lowest BCUT2D eigenvalue weighted by Gasteiger charge is -2.40. The second kappa shape index (κ2) is 52.8. The fourth-order valence-electron chi connectivity index (χ4n) is 10.9. The molecular weight excluding hydrogens is 931 g/mol. The van der Waals surface area contributed by atoms with Gasteiger partial charge in [0.25, 0.3) is 0 Å². The van der Waals surface area contributed by atoms with Gasteiger partial charge in [-0.05, 0) is 12.8 Å². The van der Waals surface area contributed by atoms with Gasteiger partial charge in [-0.25, -0.2) is 0 Å². The predicted molar refractivity (Wildman–Crippen MR) is 307 cm³/mol. The smallest absolute Gasteiger partial charge is 0.249 e. The predicted octanol–water partition coefficient (Wildman–Crippen LogP) is 14.5. The maximum Gasteiger partial charge on any atom is 0.249 e. The third-order valence-electron chi connectivity index (χ3n) is 16.2. The lowest BCUT2D eigenvalue weighted by atomic mass is 9.98. The number of unbranched alkanes of at least 4 members (excludes halogenated alkanes) is 45. The molecule has 1 heterocycles. The molecule has 0 aliphatic carbocycles. The molecule has 0 radical (unpaired) electrons. The normalized spacial score (nSPS) is 19.7. The highest BCUT2D eigenvalue weighted by Gasteiger charge is 2.44. The van der Waals surface area contributed by atoms with Crippen molar-refractivity contribution in [2.24, 2.45) is 0 Å². The molecule has 1 saturated heterocycles. The van der Waals surface area contributed by atoms with Gasteiger partial charge in [-0.3, -0.25) is 4.79 Å². The summed E-state index contributed by atoms with van der Waals surface area (Å²) in [6, 6.07) is -1.16. The van der Waals surface area contributed by atoms with Gasteiger partial charge >= 0.3 is 0 Å². The topological polar surface area (TPSA) is 189 Å². The van der Waals surface area contributed by atoms with E-state index in [0.717, 1.165) is 38.5 Å². The van der Waals surface area contributed by atoms with Gasteiger partial charge in [-0.1, -0.05) is 316 Å². The lowest BCUT2D eigenvalue weighted by Crippen LogP contribution is -2.60. The summed E-state index contributed by atoms with van der Waals surface area (Å²) in [7, 11) is 0. The summed E-state index contributed by atoms with van der Waals surface area (Å²) in [5.41, 5.74) is 0. The molecule has 9 unspecified atom stereocenters. The van der Waals surface area contributed by atoms with Crippen LogP contribution >= 0.6 is 0 Å². The highest BCUT2D eigenvalue weighted by Crippen LogP contribution is 2.24. The Morgan fingerprint density at radius 2 is 0.703 bits per heavy atom. The molecule has 1 amide bonds. The molecule has 0 aromatic heterocycles. The second-order valence-corrected chi connectivity index (χ2v) is 23.2. The number of carbonyl (C=O) groups is 1. The van der Waals surface area contributed by atoms with Crippen molar-refractivity contribution < 1.29 is 50.0 Å². The van der Waals surface area contributed by atoms with Gasteiger partial charge < -0.3 is 50.5 Å². The number of nitrogens with one attached hydrogen (secondary N) is 1. The number of amides is 1. The van der Waals surface area contributed by atoms with Gasteiger partial charge in [0.15, 0.2) is 6.29 Å². The van der Waals surface area contributed by atoms with Gasteiger partial charge in [0.1, 0.15) is 36.6 Å². The molecule has 0 spiro atoms. The number of carbonyl (C=O) groups excluding carboxylic acids is 1. The molecule has 1 fully saturated rings. The van der Waals surface area contributed by atoms with Crippen LogP contribution in [0.25, 0.3) is 0 Å². The Morgan fingerprint density at radius 1 is 0.419 bits per heavy atom. The molecule has 1 aliphatic rings. The highest BCUT2D eigenvalue weighted by molar-refractivity contribution is 5.80. The van der Waals surface area contributed by atoms with E-state index >= 15 is 0 Å². The van der Waals surface area contributed by atoms with E-state index in [4.69, 9.17) is 9.47 Å². The summed E-state index contributed by atoms with van der Waals surface area (Å²) in [5, 5.41) is 76.3. The fourth-order valence-corrected chi connectivity index (χ4v) is 10.9. The average Bonchev–Trinajstić information content (AvgIpc) is 3.40.